The van der Waals surface area contributed by atoms with Gasteiger partial charge in [-0.25, -0.2) is 4.99 Å². The highest BCUT2D eigenvalue weighted by molar-refractivity contribution is 9.10. The molecule has 7 rings (SSSR count). The first-order valence-electron chi connectivity index (χ1n) is 11.4. The lowest BCUT2D eigenvalue weighted by atomic mass is 9.97. The van der Waals surface area contributed by atoms with Gasteiger partial charge in [-0.15, -0.1) is 0 Å². The molecule has 0 amide bonds. The molecule has 1 spiro atoms. The number of carbonyl (C=O) groups excluding carboxylic acids is 1. The second-order valence-corrected chi connectivity index (χ2v) is 11.3. The molecule has 180 valence electrons. The highest BCUT2D eigenvalue weighted by Gasteiger charge is 2.88. The van der Waals surface area contributed by atoms with Gasteiger partial charge < -0.3 is 13.9 Å². The first-order valence-corrected chi connectivity index (χ1v) is 13.0. The van der Waals surface area contributed by atoms with Crippen LogP contribution in [0.5, 0.6) is 5.75 Å². The summed E-state index contributed by atoms with van der Waals surface area (Å²) >= 11 is 4.73. The number of nitrogens with zero attached hydrogens (tertiary/aromatic N) is 2. The van der Waals surface area contributed by atoms with Gasteiger partial charge in [0.05, 0.1) is 11.6 Å². The van der Waals surface area contributed by atoms with E-state index in [2.05, 4.69) is 15.9 Å². The van der Waals surface area contributed by atoms with E-state index < -0.39 is 23.1 Å². The molecule has 2 aromatic carbocycles. The monoisotopic (exact) mass is 562 g/mol. The molecule has 0 N–H and O–H groups in total. The molecule has 0 bridgehead atoms. The van der Waals surface area contributed by atoms with Gasteiger partial charge in [0, 0.05) is 21.7 Å². The van der Waals surface area contributed by atoms with Gasteiger partial charge in [0.1, 0.15) is 34.8 Å². The van der Waals surface area contributed by atoms with Crippen molar-refractivity contribution in [2.45, 2.75) is 24.1 Å². The predicted molar refractivity (Wildman–Crippen MR) is 137 cm³/mol. The third kappa shape index (κ3) is 2.70. The summed E-state index contributed by atoms with van der Waals surface area (Å²) in [7, 11) is 1.37. The molecule has 4 aromatic rings. The number of ether oxygens (including phenoxy) is 2. The molecule has 7 nitrogen and oxygen atoms in total. The van der Waals surface area contributed by atoms with E-state index in [1.807, 2.05) is 67.6 Å². The number of halogens is 1. The third-order valence-electron chi connectivity index (χ3n) is 7.49. The summed E-state index contributed by atoms with van der Waals surface area (Å²) in [5.74, 6) is 0.962. The van der Waals surface area contributed by atoms with E-state index in [4.69, 9.17) is 18.9 Å². The molecule has 4 heterocycles. The fraction of sp³-hybridized carbons (Fsp3) is 0.222. The molecular formula is C27H19BrN2O5S. The third-order valence-corrected chi connectivity index (χ3v) is 9.00. The van der Waals surface area contributed by atoms with E-state index in [1.165, 1.54) is 18.4 Å². The van der Waals surface area contributed by atoms with Crippen molar-refractivity contribution in [3.8, 4) is 17.1 Å². The molecule has 36 heavy (non-hydrogen) atoms. The van der Waals surface area contributed by atoms with Gasteiger partial charge in [0.15, 0.2) is 10.4 Å². The van der Waals surface area contributed by atoms with Gasteiger partial charge in [0.2, 0.25) is 0 Å². The fourth-order valence-corrected chi connectivity index (χ4v) is 7.13. The lowest BCUT2D eigenvalue weighted by Gasteiger charge is -2.26. The van der Waals surface area contributed by atoms with Crippen molar-refractivity contribution in [2.75, 3.05) is 7.11 Å². The Labute approximate surface area is 217 Å². The van der Waals surface area contributed by atoms with E-state index in [0.29, 0.717) is 26.6 Å². The molecule has 4 atom stereocenters. The van der Waals surface area contributed by atoms with Gasteiger partial charge >= 0.3 is 5.97 Å². The number of esters is 1. The van der Waals surface area contributed by atoms with Gasteiger partial charge in [-0.2, -0.15) is 0 Å². The lowest BCUT2D eigenvalue weighted by molar-refractivity contribution is -0.144. The van der Waals surface area contributed by atoms with E-state index in [0.717, 1.165) is 15.6 Å². The number of hydrogen-bond acceptors (Lipinski definition) is 7. The van der Waals surface area contributed by atoms with Crippen LogP contribution in [-0.4, -0.2) is 28.8 Å². The van der Waals surface area contributed by atoms with Crippen molar-refractivity contribution < 1.29 is 18.7 Å². The van der Waals surface area contributed by atoms with Crippen LogP contribution < -0.4 is 19.6 Å². The second kappa shape index (κ2) is 7.30. The molecule has 0 radical (unpaired) electrons. The highest BCUT2D eigenvalue weighted by atomic mass is 79.9. The van der Waals surface area contributed by atoms with Crippen molar-refractivity contribution in [3.05, 3.63) is 96.1 Å². The van der Waals surface area contributed by atoms with Crippen LogP contribution in [-0.2, 0) is 9.53 Å². The maximum Gasteiger partial charge on any atom is 0.315 e. The van der Waals surface area contributed by atoms with E-state index in [9.17, 15) is 9.59 Å². The highest BCUT2D eigenvalue weighted by Crippen LogP contribution is 2.70. The van der Waals surface area contributed by atoms with Crippen LogP contribution in [0.1, 0.15) is 24.3 Å². The summed E-state index contributed by atoms with van der Waals surface area (Å²) in [5.41, 5.74) is -0.203. The molecule has 1 fully saturated rings. The van der Waals surface area contributed by atoms with Crippen LogP contribution >= 0.6 is 27.3 Å². The van der Waals surface area contributed by atoms with Gasteiger partial charge in [-0.3, -0.25) is 14.2 Å². The minimum absolute atomic E-state index is 0.192. The Morgan fingerprint density at radius 1 is 1.17 bits per heavy atom. The second-order valence-electron chi connectivity index (χ2n) is 9.33. The Kier molecular flexibility index (Phi) is 4.43. The normalized spacial score (nSPS) is 27.2. The average Bonchev–Trinajstić information content (AvgIpc) is 3.28. The van der Waals surface area contributed by atoms with E-state index >= 15 is 0 Å². The van der Waals surface area contributed by atoms with Gasteiger partial charge in [-0.1, -0.05) is 57.6 Å². The van der Waals surface area contributed by atoms with Gasteiger partial charge in [0.25, 0.3) is 5.56 Å². The smallest absolute Gasteiger partial charge is 0.315 e. The fourth-order valence-electron chi connectivity index (χ4n) is 5.79. The molecule has 0 saturated heterocycles. The average molecular weight is 563 g/mol. The molecule has 2 aromatic heterocycles. The Morgan fingerprint density at radius 3 is 2.72 bits per heavy atom. The van der Waals surface area contributed by atoms with Crippen LogP contribution in [0.25, 0.3) is 17.4 Å². The summed E-state index contributed by atoms with van der Waals surface area (Å²) in [6.07, 6.45) is 1.75. The van der Waals surface area contributed by atoms with Crippen molar-refractivity contribution in [1.82, 2.24) is 4.57 Å². The zero-order valence-corrected chi connectivity index (χ0v) is 21.6. The SMILES string of the molecule is COC(=O)[C@@H]1[C@@]23Oc4ccccc4[C@H]2n2c(s/c(=C\c4ccc(-c5ccc(Br)cc5)o4)c2=O)=N[C@@]13C. The molecule has 0 unspecified atom stereocenters. The molecular weight excluding hydrogens is 544 g/mol. The summed E-state index contributed by atoms with van der Waals surface area (Å²) in [6.45, 7) is 1.90. The number of rotatable bonds is 3. The Balaban J connectivity index is 1.38. The number of fused-ring (bicyclic) bond motifs is 4. The lowest BCUT2D eigenvalue weighted by Crippen LogP contribution is -2.47. The van der Waals surface area contributed by atoms with E-state index in [-0.39, 0.29) is 11.5 Å². The van der Waals surface area contributed by atoms with Crippen LogP contribution in [0, 0.1) is 5.92 Å². The van der Waals surface area contributed by atoms with E-state index in [1.54, 1.807) is 10.6 Å². The summed E-state index contributed by atoms with van der Waals surface area (Å²) in [5, 5.41) is 0. The maximum atomic E-state index is 13.8. The summed E-state index contributed by atoms with van der Waals surface area (Å²) in [6, 6.07) is 18.7. The number of methoxy groups -OCH3 is 1. The molecule has 3 aliphatic rings. The van der Waals surface area contributed by atoms with Crippen molar-refractivity contribution in [3.63, 3.8) is 0 Å². The maximum absolute atomic E-state index is 13.8. The first-order chi connectivity index (χ1) is 17.4. The molecule has 1 saturated carbocycles. The minimum atomic E-state index is -0.988. The van der Waals surface area contributed by atoms with Crippen LogP contribution in [0.3, 0.4) is 0 Å². The number of benzene rings is 2. The number of aromatic nitrogens is 1. The quantitative estimate of drug-likeness (QED) is 0.356. The number of hydrogen-bond donors (Lipinski definition) is 0. The predicted octanol–water partition coefficient (Wildman–Crippen LogP) is 3.68. The number of thiazole rings is 1. The standard InChI is InChI=1S/C27H19BrN2O5S/c1-26-21(24(32)33-2)27(26)22(17-5-3-4-6-19(17)35-27)30-23(31)20(36-25(30)29-26)13-16-11-12-18(34-16)14-7-9-15(28)10-8-14/h3-13,21-22H,1-2H3/b20-13-/t21-,22+,26-,27+/m0/s1. The Morgan fingerprint density at radius 2 is 1.94 bits per heavy atom. The van der Waals surface area contributed by atoms with Crippen molar-refractivity contribution in [1.29, 1.82) is 0 Å². The van der Waals surface area contributed by atoms with Crippen molar-refractivity contribution in [2.24, 2.45) is 10.9 Å². The summed E-state index contributed by atoms with van der Waals surface area (Å²) < 4.78 is 20.7. The zero-order valence-electron chi connectivity index (χ0n) is 19.2. The Hall–Kier alpha value is -3.43. The van der Waals surface area contributed by atoms with Crippen LogP contribution in [0.4, 0.5) is 0 Å². The largest absolute Gasteiger partial charge is 0.481 e. The molecule has 1 aliphatic carbocycles. The number of furan rings is 1. The van der Waals surface area contributed by atoms with Crippen LogP contribution in [0.15, 0.2) is 79.3 Å². The van der Waals surface area contributed by atoms with Gasteiger partial charge in [-0.05, 0) is 37.3 Å². The molecule has 9 heteroatoms. The topological polar surface area (TPSA) is 83.0 Å². The number of carbonyl (C=O) groups is 1. The minimum Gasteiger partial charge on any atom is -0.481 e. The number of para-hydroxylation sites is 1. The first kappa shape index (κ1) is 21.8. The molecule has 2 aliphatic heterocycles. The summed E-state index contributed by atoms with van der Waals surface area (Å²) in [4.78, 5) is 32.0. The van der Waals surface area contributed by atoms with Crippen LogP contribution in [0.2, 0.25) is 0 Å². The Bertz CT molecular complexity index is 1750. The zero-order chi connectivity index (χ0) is 24.8. The van der Waals surface area contributed by atoms with Crippen molar-refractivity contribution >= 4 is 39.3 Å².